The van der Waals surface area contributed by atoms with Gasteiger partial charge in [-0.2, -0.15) is 0 Å². The molecule has 1 unspecified atom stereocenters. The van der Waals surface area contributed by atoms with Gasteiger partial charge in [0.2, 0.25) is 0 Å². The van der Waals surface area contributed by atoms with Crippen molar-refractivity contribution in [1.29, 1.82) is 0 Å². The summed E-state index contributed by atoms with van der Waals surface area (Å²) in [5.74, 6) is 1.28. The van der Waals surface area contributed by atoms with E-state index in [1.165, 1.54) is 0 Å². The first-order valence-corrected chi connectivity index (χ1v) is 8.81. The number of ether oxygens (including phenoxy) is 3. The number of esters is 1. The SMILES string of the molecule is CCCCOC(=O)C(C)Oc1ccc(Oc2ccc(Cl)cc2Cl)cc1. The molecule has 2 aromatic rings. The van der Waals surface area contributed by atoms with Crippen LogP contribution in [0.15, 0.2) is 42.5 Å². The number of carbonyl (C=O) groups is 1. The highest BCUT2D eigenvalue weighted by Crippen LogP contribution is 2.32. The lowest BCUT2D eigenvalue weighted by Gasteiger charge is -2.14. The van der Waals surface area contributed by atoms with Crippen molar-refractivity contribution in [1.82, 2.24) is 0 Å². The van der Waals surface area contributed by atoms with Crippen LogP contribution < -0.4 is 9.47 Å². The molecule has 2 rings (SSSR count). The third kappa shape index (κ3) is 6.15. The minimum Gasteiger partial charge on any atom is -0.479 e. The summed E-state index contributed by atoms with van der Waals surface area (Å²) >= 11 is 11.9. The van der Waals surface area contributed by atoms with Crippen LogP contribution in [0.3, 0.4) is 0 Å². The number of carbonyl (C=O) groups excluding carboxylic acids is 1. The molecule has 1 atom stereocenters. The van der Waals surface area contributed by atoms with Gasteiger partial charge in [0, 0.05) is 5.02 Å². The van der Waals surface area contributed by atoms with Crippen LogP contribution in [0.2, 0.25) is 10.0 Å². The van der Waals surface area contributed by atoms with E-state index in [1.807, 2.05) is 6.92 Å². The molecule has 134 valence electrons. The summed E-state index contributed by atoms with van der Waals surface area (Å²) < 4.78 is 16.4. The Bertz CT molecular complexity index is 701. The first-order chi connectivity index (χ1) is 12.0. The van der Waals surface area contributed by atoms with Crippen molar-refractivity contribution in [3.05, 3.63) is 52.5 Å². The summed E-state index contributed by atoms with van der Waals surface area (Å²) in [6.07, 6.45) is 1.15. The summed E-state index contributed by atoms with van der Waals surface area (Å²) in [5, 5.41) is 0.970. The summed E-state index contributed by atoms with van der Waals surface area (Å²) in [7, 11) is 0. The Kier molecular flexibility index (Phi) is 7.41. The van der Waals surface area contributed by atoms with E-state index in [2.05, 4.69) is 0 Å². The largest absolute Gasteiger partial charge is 0.479 e. The zero-order chi connectivity index (χ0) is 18.2. The molecule has 0 bridgehead atoms. The smallest absolute Gasteiger partial charge is 0.347 e. The van der Waals surface area contributed by atoms with Crippen molar-refractivity contribution in [3.63, 3.8) is 0 Å². The average Bonchev–Trinajstić information content (AvgIpc) is 2.59. The highest BCUT2D eigenvalue weighted by molar-refractivity contribution is 6.35. The Morgan fingerprint density at radius 3 is 2.40 bits per heavy atom. The van der Waals surface area contributed by atoms with Crippen LogP contribution in [0, 0.1) is 0 Å². The fourth-order valence-electron chi connectivity index (χ4n) is 1.96. The summed E-state index contributed by atoms with van der Waals surface area (Å²) in [4.78, 5) is 11.8. The number of benzene rings is 2. The van der Waals surface area contributed by atoms with Gasteiger partial charge >= 0.3 is 5.97 Å². The maximum absolute atomic E-state index is 11.8. The van der Waals surface area contributed by atoms with Crippen LogP contribution in [0.5, 0.6) is 17.2 Å². The predicted molar refractivity (Wildman–Crippen MR) is 98.9 cm³/mol. The second-order valence-electron chi connectivity index (χ2n) is 5.43. The Labute approximate surface area is 157 Å². The van der Waals surface area contributed by atoms with Gasteiger partial charge in [-0.1, -0.05) is 36.5 Å². The van der Waals surface area contributed by atoms with E-state index < -0.39 is 6.10 Å². The van der Waals surface area contributed by atoms with Gasteiger partial charge in [-0.3, -0.25) is 0 Å². The van der Waals surface area contributed by atoms with Crippen LogP contribution >= 0.6 is 23.2 Å². The van der Waals surface area contributed by atoms with Gasteiger partial charge in [-0.25, -0.2) is 4.79 Å². The van der Waals surface area contributed by atoms with Crippen molar-refractivity contribution in [3.8, 4) is 17.2 Å². The van der Waals surface area contributed by atoms with Crippen LogP contribution in [0.4, 0.5) is 0 Å². The van der Waals surface area contributed by atoms with Crippen molar-refractivity contribution in [2.45, 2.75) is 32.8 Å². The molecule has 0 N–H and O–H groups in total. The zero-order valence-electron chi connectivity index (χ0n) is 14.1. The number of hydrogen-bond donors (Lipinski definition) is 0. The van der Waals surface area contributed by atoms with Crippen LogP contribution in [0.1, 0.15) is 26.7 Å². The van der Waals surface area contributed by atoms with Gasteiger partial charge in [0.15, 0.2) is 6.10 Å². The summed E-state index contributed by atoms with van der Waals surface area (Å²) in [6.45, 7) is 4.11. The molecule has 6 heteroatoms. The third-order valence-electron chi connectivity index (χ3n) is 3.33. The fraction of sp³-hybridized carbons (Fsp3) is 0.316. The molecule has 0 fully saturated rings. The van der Waals surface area contributed by atoms with Crippen LogP contribution in [0.25, 0.3) is 0 Å². The maximum atomic E-state index is 11.8. The Morgan fingerprint density at radius 1 is 1.08 bits per heavy atom. The first-order valence-electron chi connectivity index (χ1n) is 8.06. The minimum atomic E-state index is -0.672. The molecule has 0 saturated carbocycles. The molecule has 0 saturated heterocycles. The molecule has 4 nitrogen and oxygen atoms in total. The van der Waals surface area contributed by atoms with Crippen LogP contribution in [-0.4, -0.2) is 18.7 Å². The number of rotatable bonds is 8. The van der Waals surface area contributed by atoms with Gasteiger partial charge in [-0.05, 0) is 55.8 Å². The van der Waals surface area contributed by atoms with Crippen molar-refractivity contribution in [2.75, 3.05) is 6.61 Å². The third-order valence-corrected chi connectivity index (χ3v) is 3.86. The number of halogens is 2. The standard InChI is InChI=1S/C19H20Cl2O4/c1-3-4-11-23-19(22)13(2)24-15-6-8-16(9-7-15)25-18-10-5-14(20)12-17(18)21/h5-10,12-13H,3-4,11H2,1-2H3. The van der Waals surface area contributed by atoms with E-state index in [4.69, 9.17) is 37.4 Å². The molecule has 0 aromatic heterocycles. The molecular formula is C19H20Cl2O4. The molecule has 0 amide bonds. The second kappa shape index (κ2) is 9.54. The Morgan fingerprint density at radius 2 is 1.76 bits per heavy atom. The molecule has 2 aromatic carbocycles. The molecule has 0 heterocycles. The Hall–Kier alpha value is -1.91. The number of hydrogen-bond acceptors (Lipinski definition) is 4. The van der Waals surface area contributed by atoms with Gasteiger partial charge in [0.25, 0.3) is 0 Å². The van der Waals surface area contributed by atoms with Gasteiger partial charge in [0.1, 0.15) is 17.2 Å². The van der Waals surface area contributed by atoms with E-state index in [0.717, 1.165) is 12.8 Å². The maximum Gasteiger partial charge on any atom is 0.347 e. The molecule has 0 spiro atoms. The quantitative estimate of drug-likeness (QED) is 0.421. The van der Waals surface area contributed by atoms with E-state index >= 15 is 0 Å². The van der Waals surface area contributed by atoms with E-state index in [1.54, 1.807) is 49.4 Å². The molecule has 0 aliphatic heterocycles. The summed E-state index contributed by atoms with van der Waals surface area (Å²) in [5.41, 5.74) is 0. The predicted octanol–water partition coefficient (Wildman–Crippen LogP) is 5.90. The Balaban J connectivity index is 1.92. The topological polar surface area (TPSA) is 44.8 Å². The monoisotopic (exact) mass is 382 g/mol. The molecule has 25 heavy (non-hydrogen) atoms. The first kappa shape index (κ1) is 19.4. The average molecular weight is 383 g/mol. The molecule has 0 aliphatic carbocycles. The molecule has 0 radical (unpaired) electrons. The number of unbranched alkanes of at least 4 members (excludes halogenated alkanes) is 1. The van der Waals surface area contributed by atoms with Gasteiger partial charge in [-0.15, -0.1) is 0 Å². The van der Waals surface area contributed by atoms with Gasteiger partial charge < -0.3 is 14.2 Å². The molecule has 0 aliphatic rings. The molecular weight excluding hydrogens is 363 g/mol. The lowest BCUT2D eigenvalue weighted by atomic mass is 10.3. The van der Waals surface area contributed by atoms with E-state index in [0.29, 0.717) is 33.9 Å². The second-order valence-corrected chi connectivity index (χ2v) is 6.27. The highest BCUT2D eigenvalue weighted by Gasteiger charge is 2.16. The lowest BCUT2D eigenvalue weighted by molar-refractivity contribution is -0.151. The van der Waals surface area contributed by atoms with Gasteiger partial charge in [0.05, 0.1) is 11.6 Å². The minimum absolute atomic E-state index is 0.373. The van der Waals surface area contributed by atoms with Crippen molar-refractivity contribution >= 4 is 29.2 Å². The zero-order valence-corrected chi connectivity index (χ0v) is 15.6. The van der Waals surface area contributed by atoms with Crippen molar-refractivity contribution in [2.24, 2.45) is 0 Å². The van der Waals surface area contributed by atoms with E-state index in [9.17, 15) is 4.79 Å². The van der Waals surface area contributed by atoms with E-state index in [-0.39, 0.29) is 5.97 Å². The normalized spacial score (nSPS) is 11.7. The highest BCUT2D eigenvalue weighted by atomic mass is 35.5. The lowest BCUT2D eigenvalue weighted by Crippen LogP contribution is -2.26. The summed E-state index contributed by atoms with van der Waals surface area (Å²) in [6, 6.07) is 11.9. The van der Waals surface area contributed by atoms with Crippen molar-refractivity contribution < 1.29 is 19.0 Å². The van der Waals surface area contributed by atoms with Crippen LogP contribution in [-0.2, 0) is 9.53 Å². The fourth-order valence-corrected chi connectivity index (χ4v) is 2.40.